The van der Waals surface area contributed by atoms with Crippen molar-refractivity contribution in [2.24, 2.45) is 0 Å². The Morgan fingerprint density at radius 3 is 0.790 bits per heavy atom. The van der Waals surface area contributed by atoms with Crippen LogP contribution in [-0.4, -0.2) is 8.07 Å². The number of unbranched alkanes of at least 4 members (excludes halogenated alkanes) is 18. The molecule has 62 heavy (non-hydrogen) atoms. The minimum Gasteiger partial charge on any atom is -0.0776 e. The zero-order valence-electron chi connectivity index (χ0n) is 42.0. The minimum absolute atomic E-state index is 1.10. The van der Waals surface area contributed by atoms with Crippen LogP contribution in [0.5, 0.6) is 0 Å². The zero-order chi connectivity index (χ0) is 44.3. The van der Waals surface area contributed by atoms with Gasteiger partial charge in [0.25, 0.3) is 0 Å². The van der Waals surface area contributed by atoms with Crippen molar-refractivity contribution in [1.82, 2.24) is 0 Å². The summed E-state index contributed by atoms with van der Waals surface area (Å²) in [4.78, 5) is 0. The smallest absolute Gasteiger partial charge is 0.0776 e. The average Bonchev–Trinajstić information content (AvgIpc) is 3.77. The molecule has 0 fully saturated rings. The molecule has 0 unspecified atom stereocenters. The molecule has 0 heterocycles. The third-order valence-corrected chi connectivity index (χ3v) is 19.0. The molecule has 0 nitrogen and oxygen atoms in total. The fraction of sp³-hybridized carbons (Fsp3) is 0.639. The van der Waals surface area contributed by atoms with Crippen molar-refractivity contribution >= 4 is 23.6 Å². The second kappa shape index (κ2) is 30.5. The zero-order valence-corrected chi connectivity index (χ0v) is 43.0. The molecule has 0 amide bonds. The van der Waals surface area contributed by atoms with Gasteiger partial charge in [-0.2, -0.15) is 0 Å². The van der Waals surface area contributed by atoms with E-state index in [0.29, 0.717) is 0 Å². The van der Waals surface area contributed by atoms with Crippen molar-refractivity contribution in [3.05, 3.63) is 111 Å². The minimum atomic E-state index is -2.75. The van der Waals surface area contributed by atoms with E-state index in [1.54, 1.807) is 59.7 Å². The molecule has 0 saturated carbocycles. The van der Waals surface area contributed by atoms with E-state index in [4.69, 9.17) is 0 Å². The van der Waals surface area contributed by atoms with Crippen LogP contribution in [-0.2, 0) is 38.5 Å². The standard InChI is InChI=1S/C61H96Si/c1-8-15-21-27-33-52-41-53(34-28-22-16-9-2)46-59(45-52)62(58-40-39-51(14-7)44-58,60-47-54(35-29-23-17-10-3)42-55(48-60)36-30-24-18-11-4)61-49-56(37-31-25-19-12-5)43-57(50-61)38-32-26-20-13-6/h39,41-50H,8-38,40H2,1-7H3. The highest BCUT2D eigenvalue weighted by molar-refractivity contribution is 7.16. The van der Waals surface area contributed by atoms with Crippen molar-refractivity contribution in [2.45, 2.75) is 254 Å². The number of rotatable bonds is 35. The van der Waals surface area contributed by atoms with E-state index < -0.39 is 8.07 Å². The van der Waals surface area contributed by atoms with Gasteiger partial charge >= 0.3 is 0 Å². The maximum Gasteiger partial charge on any atom is 0.176 e. The summed E-state index contributed by atoms with van der Waals surface area (Å²) >= 11 is 0. The van der Waals surface area contributed by atoms with Gasteiger partial charge in [-0.15, -0.1) is 0 Å². The summed E-state index contributed by atoms with van der Waals surface area (Å²) < 4.78 is 0. The van der Waals surface area contributed by atoms with Crippen molar-refractivity contribution in [3.8, 4) is 0 Å². The molecule has 0 aliphatic heterocycles. The van der Waals surface area contributed by atoms with E-state index in [0.717, 1.165) is 12.8 Å². The van der Waals surface area contributed by atoms with Crippen LogP contribution in [0.15, 0.2) is 77.5 Å². The Morgan fingerprint density at radius 2 is 0.581 bits per heavy atom. The van der Waals surface area contributed by atoms with Gasteiger partial charge < -0.3 is 0 Å². The first-order valence-corrected chi connectivity index (χ1v) is 29.2. The van der Waals surface area contributed by atoms with Crippen molar-refractivity contribution < 1.29 is 0 Å². The SMILES string of the molecule is CCCCCCc1cc(CCCCCC)cc([Si](C2=CC(CC)=CC2)(c2cc(CCCCCC)cc(CCCCCC)c2)c2cc(CCCCCC)cc(CCCCCC)c2)c1. The van der Waals surface area contributed by atoms with Gasteiger partial charge in [0, 0.05) is 0 Å². The Hall–Kier alpha value is -2.64. The number of hydrogen-bond acceptors (Lipinski definition) is 0. The van der Waals surface area contributed by atoms with Gasteiger partial charge in [-0.3, -0.25) is 0 Å². The van der Waals surface area contributed by atoms with E-state index in [9.17, 15) is 0 Å². The molecule has 3 aromatic carbocycles. The first kappa shape index (κ1) is 52.0. The lowest BCUT2D eigenvalue weighted by molar-refractivity contribution is 0.661. The molecular formula is C61H96Si. The average molecular weight is 858 g/mol. The molecule has 0 atom stereocenters. The number of benzene rings is 3. The highest BCUT2D eigenvalue weighted by Gasteiger charge is 2.45. The van der Waals surface area contributed by atoms with Crippen molar-refractivity contribution in [3.63, 3.8) is 0 Å². The highest BCUT2D eigenvalue weighted by atomic mass is 28.3. The summed E-state index contributed by atoms with van der Waals surface area (Å²) in [6, 6.07) is 24.7. The van der Waals surface area contributed by atoms with Crippen LogP contribution in [0.1, 0.15) is 249 Å². The second-order valence-electron chi connectivity index (χ2n) is 19.7. The molecule has 1 aliphatic rings. The van der Waals surface area contributed by atoms with E-state index in [1.165, 1.54) is 193 Å². The summed E-state index contributed by atoms with van der Waals surface area (Å²) in [6.45, 7) is 16.5. The molecule has 0 aromatic heterocycles. The van der Waals surface area contributed by atoms with Gasteiger partial charge in [-0.05, 0) is 139 Å². The Labute approximate surface area is 386 Å². The molecule has 1 aliphatic carbocycles. The van der Waals surface area contributed by atoms with Crippen LogP contribution in [0.3, 0.4) is 0 Å². The van der Waals surface area contributed by atoms with E-state index in [1.807, 2.05) is 0 Å². The topological polar surface area (TPSA) is 0 Å². The van der Waals surface area contributed by atoms with Crippen LogP contribution >= 0.6 is 0 Å². The van der Waals surface area contributed by atoms with Crippen LogP contribution < -0.4 is 15.6 Å². The molecule has 0 spiro atoms. The molecular weight excluding hydrogens is 761 g/mol. The first-order chi connectivity index (χ1) is 30.4. The summed E-state index contributed by atoms with van der Waals surface area (Å²) in [7, 11) is -2.75. The van der Waals surface area contributed by atoms with Gasteiger partial charge in [0.05, 0.1) is 0 Å². The fourth-order valence-electron chi connectivity index (χ4n) is 10.5. The van der Waals surface area contributed by atoms with Crippen LogP contribution in [0.4, 0.5) is 0 Å². The molecule has 0 saturated heterocycles. The Bertz CT molecular complexity index is 1470. The van der Waals surface area contributed by atoms with Crippen molar-refractivity contribution in [1.29, 1.82) is 0 Å². The lowest BCUT2D eigenvalue weighted by Crippen LogP contribution is -2.69. The van der Waals surface area contributed by atoms with Crippen molar-refractivity contribution in [2.75, 3.05) is 0 Å². The maximum absolute atomic E-state index is 2.79. The Morgan fingerprint density at radius 1 is 0.323 bits per heavy atom. The maximum atomic E-state index is 2.79. The Balaban J connectivity index is 2.11. The van der Waals surface area contributed by atoms with Gasteiger partial charge in [-0.1, -0.05) is 242 Å². The number of hydrogen-bond donors (Lipinski definition) is 0. The predicted molar refractivity (Wildman–Crippen MR) is 282 cm³/mol. The highest BCUT2D eigenvalue weighted by Crippen LogP contribution is 2.32. The molecule has 0 N–H and O–H groups in total. The second-order valence-corrected chi connectivity index (χ2v) is 23.6. The Kier molecular flexibility index (Phi) is 25.6. The quantitative estimate of drug-likeness (QED) is 0.0314. The molecule has 3 aromatic rings. The summed E-state index contributed by atoms with van der Waals surface area (Å²) in [5.74, 6) is 0. The van der Waals surface area contributed by atoms with Crippen LogP contribution in [0.25, 0.3) is 0 Å². The largest absolute Gasteiger partial charge is 0.176 e. The molecule has 344 valence electrons. The van der Waals surface area contributed by atoms with E-state index in [2.05, 4.69) is 115 Å². The summed E-state index contributed by atoms with van der Waals surface area (Å²) in [5, 5.41) is 6.81. The van der Waals surface area contributed by atoms with Crippen LogP contribution in [0, 0.1) is 0 Å². The number of aryl methyl sites for hydroxylation is 6. The van der Waals surface area contributed by atoms with E-state index in [-0.39, 0.29) is 0 Å². The van der Waals surface area contributed by atoms with Gasteiger partial charge in [0.15, 0.2) is 8.07 Å². The van der Waals surface area contributed by atoms with Gasteiger partial charge in [0.1, 0.15) is 0 Å². The fourth-order valence-corrected chi connectivity index (χ4v) is 15.8. The molecule has 0 radical (unpaired) electrons. The molecule has 0 bridgehead atoms. The predicted octanol–water partition coefficient (Wildman–Crippen LogP) is 17.1. The van der Waals surface area contributed by atoms with E-state index >= 15 is 0 Å². The van der Waals surface area contributed by atoms with Gasteiger partial charge in [0.2, 0.25) is 0 Å². The lowest BCUT2D eigenvalue weighted by Gasteiger charge is -2.37. The first-order valence-electron chi connectivity index (χ1n) is 27.2. The number of allylic oxidation sites excluding steroid dienone is 4. The molecule has 4 rings (SSSR count). The lowest BCUT2D eigenvalue weighted by atomic mass is 10.00. The van der Waals surface area contributed by atoms with Crippen LogP contribution in [0.2, 0.25) is 0 Å². The monoisotopic (exact) mass is 857 g/mol. The third-order valence-electron chi connectivity index (χ3n) is 14.2. The summed E-state index contributed by atoms with van der Waals surface area (Å²) in [6.07, 6.45) is 46.5. The third kappa shape index (κ3) is 16.7. The van der Waals surface area contributed by atoms with Gasteiger partial charge in [-0.25, -0.2) is 0 Å². The molecule has 1 heteroatoms. The summed E-state index contributed by atoms with van der Waals surface area (Å²) in [5.41, 5.74) is 11.2. The normalized spacial score (nSPS) is 13.0.